The van der Waals surface area contributed by atoms with Crippen molar-refractivity contribution >= 4 is 33.5 Å². The topological polar surface area (TPSA) is 94.8 Å². The number of unbranched alkanes of at least 4 members (excludes halogenated alkanes) is 9. The first kappa shape index (κ1) is 24.6. The second-order valence-electron chi connectivity index (χ2n) is 4.35. The SMILES string of the molecule is CCCCCCCCCCCCO.O=S(=O)(O)O.[MgH2]. The summed E-state index contributed by atoms with van der Waals surface area (Å²) in [4.78, 5) is 0. The molecule has 0 aromatic rings. The van der Waals surface area contributed by atoms with E-state index in [1.54, 1.807) is 0 Å². The molecule has 0 aliphatic carbocycles. The second-order valence-corrected chi connectivity index (χ2v) is 5.25. The lowest BCUT2D eigenvalue weighted by molar-refractivity contribution is 0.282. The van der Waals surface area contributed by atoms with Crippen LogP contribution in [-0.4, -0.2) is 52.3 Å². The molecule has 0 heterocycles. The van der Waals surface area contributed by atoms with Crippen LogP contribution in [0.4, 0.5) is 0 Å². The van der Waals surface area contributed by atoms with Gasteiger partial charge in [-0.15, -0.1) is 0 Å². The zero-order valence-electron chi connectivity index (χ0n) is 11.3. The van der Waals surface area contributed by atoms with E-state index in [-0.39, 0.29) is 23.1 Å². The maximum Gasteiger partial charge on any atom is 0.394 e. The van der Waals surface area contributed by atoms with Crippen molar-refractivity contribution in [3.63, 3.8) is 0 Å². The lowest BCUT2D eigenvalue weighted by Crippen LogP contribution is -1.89. The molecule has 5 nitrogen and oxygen atoms in total. The van der Waals surface area contributed by atoms with E-state index >= 15 is 0 Å². The van der Waals surface area contributed by atoms with Gasteiger partial charge in [0.1, 0.15) is 0 Å². The molecule has 0 unspecified atom stereocenters. The highest BCUT2D eigenvalue weighted by Gasteiger charge is 1.91. The zero-order chi connectivity index (χ0) is 14.3. The fraction of sp³-hybridized carbons (Fsp3) is 1.00. The highest BCUT2D eigenvalue weighted by Crippen LogP contribution is 2.09. The smallest absolute Gasteiger partial charge is 0.394 e. The lowest BCUT2D eigenvalue weighted by atomic mass is 10.1. The molecule has 0 radical (unpaired) electrons. The maximum atomic E-state index is 8.74. The van der Waals surface area contributed by atoms with Crippen LogP contribution in [0.25, 0.3) is 0 Å². The summed E-state index contributed by atoms with van der Waals surface area (Å²) in [6, 6.07) is 0. The predicted molar refractivity (Wildman–Crippen MR) is 81.7 cm³/mol. The highest BCUT2D eigenvalue weighted by molar-refractivity contribution is 7.79. The van der Waals surface area contributed by atoms with Gasteiger partial charge < -0.3 is 5.11 Å². The Bertz CT molecular complexity index is 227. The van der Waals surface area contributed by atoms with Crippen molar-refractivity contribution in [2.45, 2.75) is 71.1 Å². The van der Waals surface area contributed by atoms with E-state index in [4.69, 9.17) is 22.6 Å². The summed E-state index contributed by atoms with van der Waals surface area (Å²) in [7, 11) is -4.67. The van der Waals surface area contributed by atoms with Gasteiger partial charge in [-0.05, 0) is 6.42 Å². The number of aliphatic hydroxyl groups is 1. The highest BCUT2D eigenvalue weighted by atomic mass is 32.3. The molecule has 0 aromatic heterocycles. The molecule has 0 amide bonds. The van der Waals surface area contributed by atoms with E-state index in [1.165, 1.54) is 57.8 Å². The van der Waals surface area contributed by atoms with Crippen LogP contribution in [0.5, 0.6) is 0 Å². The standard InChI is InChI=1S/C12H26O.Mg.H2O4S.2H/c1-2-3-4-5-6-7-8-9-10-11-12-13;;1-5(2,3)4;;/h13H,2-12H2,1H3;;(H2,1,2,3,4);;. The number of hydrogen-bond donors (Lipinski definition) is 3. The van der Waals surface area contributed by atoms with Gasteiger partial charge in [0.25, 0.3) is 0 Å². The van der Waals surface area contributed by atoms with Crippen molar-refractivity contribution in [2.75, 3.05) is 6.61 Å². The second kappa shape index (κ2) is 18.6. The molecule has 0 bridgehead atoms. The van der Waals surface area contributed by atoms with Crippen molar-refractivity contribution in [2.24, 2.45) is 0 Å². The van der Waals surface area contributed by atoms with Crippen LogP contribution in [0.1, 0.15) is 71.1 Å². The molecule has 0 fully saturated rings. The van der Waals surface area contributed by atoms with Crippen molar-refractivity contribution in [1.29, 1.82) is 0 Å². The fourth-order valence-electron chi connectivity index (χ4n) is 1.60. The van der Waals surface area contributed by atoms with Gasteiger partial charge in [0.05, 0.1) is 0 Å². The van der Waals surface area contributed by atoms with E-state index in [1.807, 2.05) is 0 Å². The van der Waals surface area contributed by atoms with Crippen molar-refractivity contribution in [3.8, 4) is 0 Å². The third kappa shape index (κ3) is 45.6. The van der Waals surface area contributed by atoms with Gasteiger partial charge in [-0.3, -0.25) is 9.11 Å². The van der Waals surface area contributed by atoms with Crippen LogP contribution in [0.3, 0.4) is 0 Å². The third-order valence-corrected chi connectivity index (χ3v) is 2.51. The van der Waals surface area contributed by atoms with Crippen molar-refractivity contribution in [1.82, 2.24) is 0 Å². The number of rotatable bonds is 10. The molecule has 3 N–H and O–H groups in total. The molecule has 0 rings (SSSR count). The van der Waals surface area contributed by atoms with Crippen LogP contribution in [0.2, 0.25) is 0 Å². The average Bonchev–Trinajstić information content (AvgIpc) is 2.25. The van der Waals surface area contributed by atoms with Crippen LogP contribution in [0, 0.1) is 0 Å². The summed E-state index contributed by atoms with van der Waals surface area (Å²) in [6.45, 7) is 2.63. The molecule has 0 spiro atoms. The minimum atomic E-state index is -4.67. The Morgan fingerprint density at radius 1 is 0.737 bits per heavy atom. The van der Waals surface area contributed by atoms with Crippen LogP contribution >= 0.6 is 0 Å². The van der Waals surface area contributed by atoms with Gasteiger partial charge in [0, 0.05) is 6.61 Å². The quantitative estimate of drug-likeness (QED) is 0.327. The third-order valence-electron chi connectivity index (χ3n) is 2.51. The number of hydrogen-bond acceptors (Lipinski definition) is 3. The van der Waals surface area contributed by atoms with E-state index in [0.717, 1.165) is 6.42 Å². The molecular weight excluding hydrogens is 280 g/mol. The van der Waals surface area contributed by atoms with Gasteiger partial charge in [0.2, 0.25) is 0 Å². The Kier molecular flexibility index (Phi) is 24.1. The fourth-order valence-corrected chi connectivity index (χ4v) is 1.60. The molecular formula is C12H30MgO5S. The molecule has 0 saturated heterocycles. The average molecular weight is 311 g/mol. The normalized spacial score (nSPS) is 10.3. The Morgan fingerprint density at radius 3 is 1.26 bits per heavy atom. The van der Waals surface area contributed by atoms with Gasteiger partial charge in [-0.2, -0.15) is 8.42 Å². The van der Waals surface area contributed by atoms with E-state index < -0.39 is 10.4 Å². The maximum absolute atomic E-state index is 8.74. The first-order valence-electron chi connectivity index (χ1n) is 6.72. The summed E-state index contributed by atoms with van der Waals surface area (Å²) in [5.74, 6) is 0. The molecule has 19 heavy (non-hydrogen) atoms. The number of aliphatic hydroxyl groups excluding tert-OH is 1. The summed E-state index contributed by atoms with van der Waals surface area (Å²) in [5, 5.41) is 8.57. The van der Waals surface area contributed by atoms with E-state index in [2.05, 4.69) is 6.92 Å². The van der Waals surface area contributed by atoms with Gasteiger partial charge in [0.15, 0.2) is 0 Å². The Hall–Kier alpha value is 0.596. The zero-order valence-corrected chi connectivity index (χ0v) is 12.2. The molecule has 0 aliphatic heterocycles. The molecule has 0 aromatic carbocycles. The predicted octanol–water partition coefficient (Wildman–Crippen LogP) is 2.33. The molecule has 116 valence electrons. The monoisotopic (exact) mass is 310 g/mol. The lowest BCUT2D eigenvalue weighted by Gasteiger charge is -2.00. The summed E-state index contributed by atoms with van der Waals surface area (Å²) in [6.07, 6.45) is 13.3. The molecule has 0 atom stereocenters. The summed E-state index contributed by atoms with van der Waals surface area (Å²) >= 11 is 0. The van der Waals surface area contributed by atoms with Crippen molar-refractivity contribution in [3.05, 3.63) is 0 Å². The Labute approximate surface area is 133 Å². The van der Waals surface area contributed by atoms with Crippen LogP contribution < -0.4 is 0 Å². The summed E-state index contributed by atoms with van der Waals surface area (Å²) < 4.78 is 31.6. The molecule has 0 aliphatic rings. The van der Waals surface area contributed by atoms with E-state index in [9.17, 15) is 0 Å². The van der Waals surface area contributed by atoms with Crippen LogP contribution in [0.15, 0.2) is 0 Å². The van der Waals surface area contributed by atoms with Gasteiger partial charge in [-0.25, -0.2) is 0 Å². The largest absolute Gasteiger partial charge is 0.396 e. The van der Waals surface area contributed by atoms with Gasteiger partial charge in [-0.1, -0.05) is 64.7 Å². The first-order chi connectivity index (χ1) is 8.41. The van der Waals surface area contributed by atoms with Crippen molar-refractivity contribution < 1.29 is 22.6 Å². The van der Waals surface area contributed by atoms with E-state index in [0.29, 0.717) is 6.61 Å². The minimum Gasteiger partial charge on any atom is -0.396 e. The Morgan fingerprint density at radius 2 is 1.00 bits per heavy atom. The Balaban J connectivity index is -0.000000366. The van der Waals surface area contributed by atoms with Gasteiger partial charge >= 0.3 is 33.5 Å². The minimum absolute atomic E-state index is 0. The van der Waals surface area contributed by atoms with Crippen LogP contribution in [-0.2, 0) is 10.4 Å². The molecule has 0 saturated carbocycles. The summed E-state index contributed by atoms with van der Waals surface area (Å²) in [5.41, 5.74) is 0. The molecule has 7 heteroatoms. The first-order valence-corrected chi connectivity index (χ1v) is 8.12.